The predicted molar refractivity (Wildman–Crippen MR) is 73.6 cm³/mol. The quantitative estimate of drug-likeness (QED) is 0.857. The number of carbonyl (C=O) groups is 1. The third kappa shape index (κ3) is 2.33. The largest absolute Gasteiger partial charge is 0.378 e. The van der Waals surface area contributed by atoms with Gasteiger partial charge in [-0.25, -0.2) is 4.98 Å². The van der Waals surface area contributed by atoms with Crippen molar-refractivity contribution < 1.29 is 14.1 Å². The average molecular weight is 290 g/mol. The number of methoxy groups -OCH3 is 1. The standard InChI is InChI=1S/C14H18N4O3/c1-9-6-12(21-16-9)14(19)17-4-5-18-11(8-20-3)7-15-13(18)10(17)2/h6-7,10H,4-5,8H2,1-3H3. The van der Waals surface area contributed by atoms with E-state index >= 15 is 0 Å². The van der Waals surface area contributed by atoms with E-state index in [9.17, 15) is 4.79 Å². The molecule has 1 amide bonds. The Labute approximate surface area is 122 Å². The van der Waals surface area contributed by atoms with Crippen molar-refractivity contribution in [2.75, 3.05) is 13.7 Å². The number of hydrogen-bond acceptors (Lipinski definition) is 5. The van der Waals surface area contributed by atoms with Crippen LogP contribution in [0.5, 0.6) is 0 Å². The van der Waals surface area contributed by atoms with E-state index < -0.39 is 0 Å². The van der Waals surface area contributed by atoms with Crippen LogP contribution in [0.1, 0.15) is 40.7 Å². The molecule has 1 atom stereocenters. The lowest BCUT2D eigenvalue weighted by Gasteiger charge is -2.33. The Morgan fingerprint density at radius 1 is 1.52 bits per heavy atom. The van der Waals surface area contributed by atoms with Gasteiger partial charge in [0.05, 0.1) is 30.2 Å². The van der Waals surface area contributed by atoms with Gasteiger partial charge in [0, 0.05) is 26.3 Å². The molecular weight excluding hydrogens is 272 g/mol. The molecule has 2 aromatic rings. The van der Waals surface area contributed by atoms with Gasteiger partial charge in [0.1, 0.15) is 5.82 Å². The Bertz CT molecular complexity index is 661. The number of ether oxygens (including phenoxy) is 1. The van der Waals surface area contributed by atoms with E-state index in [0.717, 1.165) is 11.5 Å². The summed E-state index contributed by atoms with van der Waals surface area (Å²) < 4.78 is 12.4. The van der Waals surface area contributed by atoms with Gasteiger partial charge in [0.25, 0.3) is 5.91 Å². The number of fused-ring (bicyclic) bond motifs is 1. The molecule has 21 heavy (non-hydrogen) atoms. The molecule has 1 unspecified atom stereocenters. The summed E-state index contributed by atoms with van der Waals surface area (Å²) in [7, 11) is 1.66. The van der Waals surface area contributed by atoms with Crippen molar-refractivity contribution in [3.05, 3.63) is 35.2 Å². The Balaban J connectivity index is 1.85. The SMILES string of the molecule is COCc1cnc2n1CCN(C(=O)c1cc(C)no1)C2C. The molecule has 0 radical (unpaired) electrons. The van der Waals surface area contributed by atoms with Crippen LogP contribution in [-0.2, 0) is 17.9 Å². The maximum Gasteiger partial charge on any atom is 0.293 e. The summed E-state index contributed by atoms with van der Waals surface area (Å²) >= 11 is 0. The van der Waals surface area contributed by atoms with Gasteiger partial charge < -0.3 is 18.7 Å². The number of nitrogens with zero attached hydrogens (tertiary/aromatic N) is 4. The lowest BCUT2D eigenvalue weighted by molar-refractivity contribution is 0.0590. The number of imidazole rings is 1. The van der Waals surface area contributed by atoms with Gasteiger partial charge in [-0.05, 0) is 13.8 Å². The molecule has 0 saturated heterocycles. The molecule has 3 heterocycles. The first kappa shape index (κ1) is 13.8. The van der Waals surface area contributed by atoms with E-state index in [2.05, 4.69) is 14.7 Å². The van der Waals surface area contributed by atoms with Crippen molar-refractivity contribution >= 4 is 5.91 Å². The zero-order chi connectivity index (χ0) is 15.0. The number of hydrogen-bond donors (Lipinski definition) is 0. The maximum absolute atomic E-state index is 12.5. The second-order valence-corrected chi connectivity index (χ2v) is 5.20. The molecule has 0 aromatic carbocycles. The second kappa shape index (κ2) is 5.33. The Hall–Kier alpha value is -2.15. The topological polar surface area (TPSA) is 73.4 Å². The van der Waals surface area contributed by atoms with Crippen LogP contribution >= 0.6 is 0 Å². The molecule has 0 bridgehead atoms. The number of carbonyl (C=O) groups excluding carboxylic acids is 1. The third-order valence-corrected chi connectivity index (χ3v) is 3.77. The summed E-state index contributed by atoms with van der Waals surface area (Å²) in [6.45, 7) is 5.60. The first-order valence-corrected chi connectivity index (χ1v) is 6.89. The van der Waals surface area contributed by atoms with Gasteiger partial charge in [-0.3, -0.25) is 4.79 Å². The molecule has 7 nitrogen and oxygen atoms in total. The third-order valence-electron chi connectivity index (χ3n) is 3.77. The van der Waals surface area contributed by atoms with Crippen LogP contribution in [0.15, 0.2) is 16.8 Å². The van der Waals surface area contributed by atoms with Gasteiger partial charge in [0.15, 0.2) is 0 Å². The monoisotopic (exact) mass is 290 g/mol. The maximum atomic E-state index is 12.5. The average Bonchev–Trinajstić information content (AvgIpc) is 3.07. The zero-order valence-electron chi connectivity index (χ0n) is 12.4. The highest BCUT2D eigenvalue weighted by molar-refractivity contribution is 5.91. The van der Waals surface area contributed by atoms with Crippen molar-refractivity contribution in [3.63, 3.8) is 0 Å². The van der Waals surface area contributed by atoms with Gasteiger partial charge in [0.2, 0.25) is 5.76 Å². The minimum Gasteiger partial charge on any atom is -0.378 e. The van der Waals surface area contributed by atoms with E-state index in [1.807, 2.05) is 13.1 Å². The first-order chi connectivity index (χ1) is 10.1. The van der Waals surface area contributed by atoms with Gasteiger partial charge in [-0.1, -0.05) is 5.16 Å². The summed E-state index contributed by atoms with van der Waals surface area (Å²) in [6, 6.07) is 1.55. The van der Waals surface area contributed by atoms with E-state index in [1.54, 1.807) is 25.0 Å². The van der Waals surface area contributed by atoms with Gasteiger partial charge in [-0.2, -0.15) is 0 Å². The zero-order valence-corrected chi connectivity index (χ0v) is 12.4. The fourth-order valence-corrected chi connectivity index (χ4v) is 2.71. The van der Waals surface area contributed by atoms with Crippen molar-refractivity contribution in [1.82, 2.24) is 19.6 Å². The number of rotatable bonds is 3. The van der Waals surface area contributed by atoms with Crippen LogP contribution in [0, 0.1) is 6.92 Å². The van der Waals surface area contributed by atoms with Crippen molar-refractivity contribution in [3.8, 4) is 0 Å². The molecule has 1 aliphatic heterocycles. The molecule has 0 aliphatic carbocycles. The molecule has 0 saturated carbocycles. The van der Waals surface area contributed by atoms with Gasteiger partial charge in [-0.15, -0.1) is 0 Å². The fourth-order valence-electron chi connectivity index (χ4n) is 2.71. The van der Waals surface area contributed by atoms with Crippen molar-refractivity contribution in [1.29, 1.82) is 0 Å². The van der Waals surface area contributed by atoms with E-state index in [-0.39, 0.29) is 17.7 Å². The molecular formula is C14H18N4O3. The number of amides is 1. The summed E-state index contributed by atoms with van der Waals surface area (Å²) in [5, 5.41) is 3.77. The lowest BCUT2D eigenvalue weighted by atomic mass is 10.2. The summed E-state index contributed by atoms with van der Waals surface area (Å²) in [6.07, 6.45) is 1.81. The van der Waals surface area contributed by atoms with Crippen LogP contribution in [0.4, 0.5) is 0 Å². The number of aromatic nitrogens is 3. The summed E-state index contributed by atoms with van der Waals surface area (Å²) in [5.41, 5.74) is 1.73. The normalized spacial score (nSPS) is 17.9. The Morgan fingerprint density at radius 2 is 2.33 bits per heavy atom. The lowest BCUT2D eigenvalue weighted by Crippen LogP contribution is -2.41. The highest BCUT2D eigenvalue weighted by Crippen LogP contribution is 2.27. The molecule has 7 heteroatoms. The second-order valence-electron chi connectivity index (χ2n) is 5.20. The van der Waals surface area contributed by atoms with Crippen LogP contribution in [0.2, 0.25) is 0 Å². The summed E-state index contributed by atoms with van der Waals surface area (Å²) in [5.74, 6) is 1.000. The molecule has 2 aromatic heterocycles. The smallest absolute Gasteiger partial charge is 0.293 e. The van der Waals surface area contributed by atoms with Gasteiger partial charge >= 0.3 is 0 Å². The first-order valence-electron chi connectivity index (χ1n) is 6.89. The fraction of sp³-hybridized carbons (Fsp3) is 0.500. The molecule has 0 fully saturated rings. The minimum atomic E-state index is -0.148. The van der Waals surface area contributed by atoms with E-state index in [1.165, 1.54) is 0 Å². The van der Waals surface area contributed by atoms with Crippen LogP contribution in [0.25, 0.3) is 0 Å². The molecule has 112 valence electrons. The van der Waals surface area contributed by atoms with E-state index in [4.69, 9.17) is 9.26 Å². The molecule has 1 aliphatic rings. The predicted octanol–water partition coefficient (Wildman–Crippen LogP) is 1.54. The van der Waals surface area contributed by atoms with Crippen molar-refractivity contribution in [2.45, 2.75) is 33.0 Å². The highest BCUT2D eigenvalue weighted by atomic mass is 16.5. The molecule has 0 spiro atoms. The Morgan fingerprint density at radius 3 is 3.00 bits per heavy atom. The van der Waals surface area contributed by atoms with Crippen LogP contribution in [-0.4, -0.2) is 39.2 Å². The molecule has 0 N–H and O–H groups in total. The number of aryl methyl sites for hydroxylation is 1. The molecule has 3 rings (SSSR count). The highest BCUT2D eigenvalue weighted by Gasteiger charge is 2.32. The van der Waals surface area contributed by atoms with Crippen molar-refractivity contribution in [2.24, 2.45) is 0 Å². The van der Waals surface area contributed by atoms with E-state index in [0.29, 0.717) is 25.4 Å². The minimum absolute atomic E-state index is 0.109. The van der Waals surface area contributed by atoms with Crippen LogP contribution < -0.4 is 0 Å². The van der Waals surface area contributed by atoms with Crippen LogP contribution in [0.3, 0.4) is 0 Å². The Kier molecular flexibility index (Phi) is 3.50. The summed E-state index contributed by atoms with van der Waals surface area (Å²) in [4.78, 5) is 18.7.